The van der Waals surface area contributed by atoms with Crippen LogP contribution >= 0.6 is 0 Å². The van der Waals surface area contributed by atoms with Crippen LogP contribution in [0, 0.1) is 0 Å². The summed E-state index contributed by atoms with van der Waals surface area (Å²) in [5.74, 6) is -2.63. The summed E-state index contributed by atoms with van der Waals surface area (Å²) < 4.78 is 236. The highest BCUT2D eigenvalue weighted by atomic mass is 32.2. The fraction of sp³-hybridized carbons (Fsp3) is 0.273. The normalized spacial score (nSPS) is 16.1. The first-order valence-electron chi connectivity index (χ1n) is 26.6. The van der Waals surface area contributed by atoms with Gasteiger partial charge in [-0.3, -0.25) is 41.9 Å². The zero-order chi connectivity index (χ0) is 66.7. The number of hydrogen-bond acceptors (Lipinski definition) is 18. The lowest BCUT2D eigenvalue weighted by atomic mass is 9.79. The number of pyridine rings is 1. The number of primary sulfonamides is 1. The Morgan fingerprint density at radius 2 is 1.18 bits per heavy atom. The van der Waals surface area contributed by atoms with E-state index < -0.39 is 124 Å². The Bertz CT molecular complexity index is 4970. The minimum atomic E-state index is -5.18. The van der Waals surface area contributed by atoms with Gasteiger partial charge in [0, 0.05) is 89.5 Å². The maximum absolute atomic E-state index is 13.5. The van der Waals surface area contributed by atoms with E-state index in [1.165, 1.54) is 79.0 Å². The number of rotatable bonds is 23. The van der Waals surface area contributed by atoms with Crippen molar-refractivity contribution in [1.82, 2.24) is 15.6 Å². The summed E-state index contributed by atoms with van der Waals surface area (Å²) in [6.45, 7) is 6.11. The number of allylic oxidation sites excluding steroid dienone is 6. The van der Waals surface area contributed by atoms with Crippen LogP contribution in [-0.2, 0) is 92.9 Å². The second-order valence-corrected chi connectivity index (χ2v) is 32.3. The molecule has 5 aromatic carbocycles. The molecule has 90 heavy (non-hydrogen) atoms. The van der Waals surface area contributed by atoms with Gasteiger partial charge in [0.25, 0.3) is 66.6 Å². The van der Waals surface area contributed by atoms with Crippen LogP contribution in [0.3, 0.4) is 0 Å². The summed E-state index contributed by atoms with van der Waals surface area (Å²) in [6.07, 6.45) is 6.68. The molecule has 8 rings (SSSR count). The predicted octanol–water partition coefficient (Wildman–Crippen LogP) is 4.71. The third-order valence-corrected chi connectivity index (χ3v) is 21.0. The van der Waals surface area contributed by atoms with Gasteiger partial charge in [0.1, 0.15) is 16.3 Å². The van der Waals surface area contributed by atoms with E-state index in [0.29, 0.717) is 29.1 Å². The minimum Gasteiger partial charge on any atom is -0.352 e. The van der Waals surface area contributed by atoms with Crippen LogP contribution in [0.25, 0.3) is 27.1 Å². The average Bonchev–Trinajstić information content (AvgIpc) is 1.52. The summed E-state index contributed by atoms with van der Waals surface area (Å²) in [7, 11) is -33.7. The molecule has 0 atom stereocenters. The maximum atomic E-state index is 13.5. The van der Waals surface area contributed by atoms with Crippen molar-refractivity contribution in [2.75, 3.05) is 36.0 Å². The molecular formula is C55H59N6O22S7+. The molecule has 0 saturated carbocycles. The molecule has 0 unspecified atom stereocenters. The largest absolute Gasteiger partial charge is 0.352 e. The number of anilines is 1. The summed E-state index contributed by atoms with van der Waals surface area (Å²) >= 11 is 0. The first-order valence-corrected chi connectivity index (χ1v) is 37.1. The van der Waals surface area contributed by atoms with E-state index in [4.69, 9.17) is 5.14 Å². The predicted molar refractivity (Wildman–Crippen MR) is 328 cm³/mol. The average molecular weight is 1380 g/mol. The lowest BCUT2D eigenvalue weighted by molar-refractivity contribution is -0.437. The topological polar surface area (TPSA) is 464 Å². The van der Waals surface area contributed by atoms with Crippen molar-refractivity contribution in [3.05, 3.63) is 149 Å². The zero-order valence-electron chi connectivity index (χ0n) is 47.8. The van der Waals surface area contributed by atoms with Gasteiger partial charge in [-0.25, -0.2) is 13.6 Å². The number of aromatic nitrogens is 1. The number of benzene rings is 5. The lowest BCUT2D eigenvalue weighted by Crippen LogP contribution is -2.30. The van der Waals surface area contributed by atoms with Crippen molar-refractivity contribution in [2.45, 2.75) is 88.8 Å². The van der Waals surface area contributed by atoms with E-state index in [0.717, 1.165) is 12.1 Å². The molecule has 0 spiro atoms. The number of fused-ring (bicyclic) bond motifs is 6. The number of nitrogens with two attached hydrogens (primary N) is 1. The molecule has 35 heteroatoms. The molecule has 0 saturated heterocycles. The van der Waals surface area contributed by atoms with Crippen molar-refractivity contribution in [2.24, 2.45) is 5.14 Å². The SMILES string of the molecule is CC1(C)C(=CC=C(C=CC2=[N+](CCCS(=O)(=O)O)c3ccc4c(S(=O)(=O)O)cc(S(=O)(=O)O)cc4c3C2(C)C)c2ccc(C(=O)NCCC(=O)NCc3ccc(S(N)(=O)=O)cc3)cn2)N(CCCS(=O)(=O)O)c2ccc3c(S(=O)(=O)O)cc(S(=O)(=O)O)cc3c21. The van der Waals surface area contributed by atoms with E-state index in [2.05, 4.69) is 15.6 Å². The van der Waals surface area contributed by atoms with Crippen molar-refractivity contribution in [3.63, 3.8) is 0 Å². The zero-order valence-corrected chi connectivity index (χ0v) is 53.5. The first kappa shape index (κ1) is 68.7. The molecule has 6 aromatic rings. The van der Waals surface area contributed by atoms with Gasteiger partial charge in [-0.2, -0.15) is 55.1 Å². The number of carbonyl (C=O) groups excluding carboxylic acids is 2. The van der Waals surface area contributed by atoms with Gasteiger partial charge in [-0.15, -0.1) is 0 Å². The lowest BCUT2D eigenvalue weighted by Gasteiger charge is -2.27. The van der Waals surface area contributed by atoms with Crippen molar-refractivity contribution >= 4 is 127 Å². The summed E-state index contributed by atoms with van der Waals surface area (Å²) in [5.41, 5.74) is -0.239. The molecule has 28 nitrogen and oxygen atoms in total. The van der Waals surface area contributed by atoms with Crippen LogP contribution in [0.2, 0.25) is 0 Å². The van der Waals surface area contributed by atoms with Gasteiger partial charge in [-0.05, 0) is 115 Å². The number of nitrogens with one attached hydrogen (secondary N) is 2. The van der Waals surface area contributed by atoms with Crippen LogP contribution < -0.4 is 20.7 Å². The first-order chi connectivity index (χ1) is 41.4. The highest BCUT2D eigenvalue weighted by Crippen LogP contribution is 2.52. The van der Waals surface area contributed by atoms with Gasteiger partial charge in [0.15, 0.2) is 5.71 Å². The second kappa shape index (κ2) is 24.8. The molecule has 0 bridgehead atoms. The third-order valence-electron chi connectivity index (χ3n) is 15.1. The van der Waals surface area contributed by atoms with Crippen molar-refractivity contribution in [1.29, 1.82) is 0 Å². The number of sulfonamides is 1. The Kier molecular flexibility index (Phi) is 18.9. The Morgan fingerprint density at radius 3 is 1.70 bits per heavy atom. The molecule has 1 aromatic heterocycles. The Labute approximate surface area is 518 Å². The van der Waals surface area contributed by atoms with Crippen LogP contribution in [0.4, 0.5) is 11.4 Å². The fourth-order valence-corrected chi connectivity index (χ4v) is 15.2. The quantitative estimate of drug-likeness (QED) is 0.0238. The fourth-order valence-electron chi connectivity index (χ4n) is 11.0. The summed E-state index contributed by atoms with van der Waals surface area (Å²) in [4.78, 5) is 28.8. The van der Waals surface area contributed by atoms with Gasteiger partial charge in [0.05, 0.1) is 42.9 Å². The molecule has 10 N–H and O–H groups in total. The number of carbonyl (C=O) groups is 2. The maximum Gasteiger partial charge on any atom is 0.295 e. The molecule has 482 valence electrons. The van der Waals surface area contributed by atoms with Gasteiger partial charge >= 0.3 is 0 Å². The summed E-state index contributed by atoms with van der Waals surface area (Å²) in [6, 6.07) is 16.9. The number of amides is 2. The molecule has 0 aliphatic carbocycles. The summed E-state index contributed by atoms with van der Waals surface area (Å²) in [5, 5.41) is 9.94. The van der Waals surface area contributed by atoms with E-state index in [-0.39, 0.29) is 111 Å². The Hall–Kier alpha value is -7.23. The highest BCUT2D eigenvalue weighted by Gasteiger charge is 2.47. The third kappa shape index (κ3) is 15.2. The smallest absolute Gasteiger partial charge is 0.295 e. The molecule has 0 fully saturated rings. The van der Waals surface area contributed by atoms with Gasteiger partial charge in [-0.1, -0.05) is 38.1 Å². The molecule has 2 amide bonds. The molecule has 2 aliphatic heterocycles. The van der Waals surface area contributed by atoms with Crippen LogP contribution in [0.5, 0.6) is 0 Å². The molecule has 2 aliphatic rings. The van der Waals surface area contributed by atoms with Gasteiger partial charge in [0.2, 0.25) is 21.6 Å². The van der Waals surface area contributed by atoms with E-state index >= 15 is 0 Å². The highest BCUT2D eigenvalue weighted by molar-refractivity contribution is 7.89. The number of hydrogen-bond donors (Lipinski definition) is 9. The van der Waals surface area contributed by atoms with Crippen LogP contribution in [0.1, 0.15) is 79.7 Å². The second-order valence-electron chi connectivity index (χ2n) is 22.0. The van der Waals surface area contributed by atoms with E-state index in [1.54, 1.807) is 49.3 Å². The van der Waals surface area contributed by atoms with E-state index in [1.807, 2.05) is 0 Å². The van der Waals surface area contributed by atoms with Crippen molar-refractivity contribution < 1.29 is 100 Å². The monoisotopic (exact) mass is 1380 g/mol. The Balaban J connectivity index is 1.27. The Morgan fingerprint density at radius 1 is 0.622 bits per heavy atom. The van der Waals surface area contributed by atoms with Crippen molar-refractivity contribution in [3.8, 4) is 0 Å². The standard InChI is InChI=1S/C55H58N6O22S7/c1-54(2)48(60(23-5-25-84(64,65)66)44-17-14-39-41(51(44)54)27-37(87(72,73)74)29-46(39)89(78,79)80)19-10-34(43-16-9-35(32-58-43)53(63)57-22-21-50(62)59-31-33-7-12-36(13-8-33)86(56,70)71)11-20-49-55(3,4)52-42-28-38(88(75,76)77)30-47(90(81,82)83)40(42)15-18-45(52)61(49)24-6-26-85(67,68)69/h7-20,27-30,32H,5-6,21-26,31H2,1-4H3,(H9-,56,57,59,62,63,64,65,66,67,68,69,70,71,72,73,74,75,76,77,78,79,80,81,82,83)/p+1. The number of nitrogens with zero attached hydrogens (tertiary/aromatic N) is 3. The van der Waals surface area contributed by atoms with Crippen LogP contribution in [-0.4, -0.2) is 144 Å². The molecular weight excluding hydrogens is 1320 g/mol. The minimum absolute atomic E-state index is 0.000689. The van der Waals surface area contributed by atoms with Gasteiger partial charge < -0.3 is 15.5 Å². The van der Waals surface area contributed by atoms with E-state index in [9.17, 15) is 95.8 Å². The van der Waals surface area contributed by atoms with Crippen LogP contribution in [0.15, 0.2) is 146 Å². The molecule has 3 heterocycles. The molecule has 0 radical (unpaired) electrons.